The fourth-order valence-corrected chi connectivity index (χ4v) is 13.8. The molecule has 0 aromatic carbocycles. The monoisotopic (exact) mass is 1430 g/mol. The molecule has 528 valence electrons. The van der Waals surface area contributed by atoms with Gasteiger partial charge in [-0.1, -0.05) is 0 Å². The van der Waals surface area contributed by atoms with Crippen molar-refractivity contribution < 1.29 is 62.2 Å². The molecule has 1 spiro atoms. The van der Waals surface area contributed by atoms with E-state index in [1.165, 1.54) is 56.3 Å². The molecular weight excluding hydrogens is 1340 g/mol. The van der Waals surface area contributed by atoms with Crippen LogP contribution in [0.2, 0.25) is 0 Å². The Morgan fingerprint density at radius 3 is 1.95 bits per heavy atom. The van der Waals surface area contributed by atoms with Gasteiger partial charge in [0.25, 0.3) is 11.8 Å². The van der Waals surface area contributed by atoms with Crippen LogP contribution in [-0.4, -0.2) is 155 Å². The molecule has 5 aliphatic rings. The Morgan fingerprint density at radius 1 is 0.745 bits per heavy atom. The van der Waals surface area contributed by atoms with E-state index in [2.05, 4.69) is 61.8 Å². The van der Waals surface area contributed by atoms with Crippen LogP contribution in [-0.2, 0) is 51.1 Å². The number of rotatable bonds is 25. The molecular formula is C66H87N15O13S4. The number of nitrogens with two attached hydrogens (primary N) is 1. The van der Waals surface area contributed by atoms with Crippen molar-refractivity contribution in [1.82, 2.24) is 56.7 Å². The average molecular weight is 1430 g/mol. The number of ketones is 3. The number of amidine groups is 1. The number of hydrogen-bond donors (Lipinski definition) is 8. The van der Waals surface area contributed by atoms with E-state index in [0.717, 1.165) is 42.0 Å². The summed E-state index contributed by atoms with van der Waals surface area (Å²) in [7, 11) is 0. The zero-order valence-corrected chi connectivity index (χ0v) is 60.4. The van der Waals surface area contributed by atoms with Crippen molar-refractivity contribution in [3.05, 3.63) is 65.8 Å². The lowest BCUT2D eigenvalue weighted by atomic mass is 9.95. The molecule has 7 heterocycles. The van der Waals surface area contributed by atoms with Crippen molar-refractivity contribution in [3.63, 3.8) is 0 Å². The Balaban J connectivity index is 0.000000275. The molecule has 0 bridgehead atoms. The number of Topliss-reactive ketones (excluding diaryl/α,β-unsaturated/α-hetero) is 3. The smallest absolute Gasteiger partial charge is 0.414 e. The number of hydrogen-bond acceptors (Lipinski definition) is 24. The molecule has 7 amide bonds. The van der Waals surface area contributed by atoms with Gasteiger partial charge < -0.3 is 41.2 Å². The summed E-state index contributed by atoms with van der Waals surface area (Å²) < 4.78 is 16.0. The maximum absolute atomic E-state index is 13.2. The first kappa shape index (κ1) is 75.3. The molecule has 1 saturated heterocycles. The minimum atomic E-state index is -1.09. The van der Waals surface area contributed by atoms with Crippen molar-refractivity contribution in [2.45, 2.75) is 225 Å². The second-order valence-corrected chi connectivity index (χ2v) is 31.2. The van der Waals surface area contributed by atoms with Gasteiger partial charge in [-0.05, 0) is 146 Å². The lowest BCUT2D eigenvalue weighted by Gasteiger charge is -2.28. The van der Waals surface area contributed by atoms with Gasteiger partial charge in [0.2, 0.25) is 17.8 Å². The lowest BCUT2D eigenvalue weighted by Crippen LogP contribution is -2.47. The molecule has 0 radical (unpaired) electrons. The molecule has 9 N–H and O–H groups in total. The summed E-state index contributed by atoms with van der Waals surface area (Å²) in [6.07, 6.45) is 6.32. The van der Waals surface area contributed by atoms with Crippen LogP contribution in [0.25, 0.3) is 21.4 Å². The van der Waals surface area contributed by atoms with Crippen LogP contribution in [0.3, 0.4) is 0 Å². The minimum absolute atomic E-state index is 0.0852. The first-order valence-corrected chi connectivity index (χ1v) is 36.1. The second kappa shape index (κ2) is 32.0. The fraction of sp³-hybridized carbons (Fsp3) is 0.561. The van der Waals surface area contributed by atoms with Gasteiger partial charge in [0, 0.05) is 89.9 Å². The van der Waals surface area contributed by atoms with Crippen molar-refractivity contribution in [1.29, 1.82) is 5.41 Å². The van der Waals surface area contributed by atoms with E-state index < -0.39 is 46.5 Å². The minimum Gasteiger partial charge on any atom is -0.444 e. The number of ether oxygens (including phenoxy) is 3. The van der Waals surface area contributed by atoms with Crippen LogP contribution in [0, 0.1) is 5.41 Å². The summed E-state index contributed by atoms with van der Waals surface area (Å²) in [4.78, 5) is 156. The zero-order chi connectivity index (χ0) is 71.5. The highest BCUT2D eigenvalue weighted by Gasteiger charge is 2.55. The number of amides is 7. The summed E-state index contributed by atoms with van der Waals surface area (Å²) in [6.45, 7) is 20.2. The van der Waals surface area contributed by atoms with Gasteiger partial charge in [0.1, 0.15) is 60.4 Å². The Morgan fingerprint density at radius 2 is 1.36 bits per heavy atom. The van der Waals surface area contributed by atoms with E-state index in [1.807, 2.05) is 19.2 Å². The van der Waals surface area contributed by atoms with Crippen LogP contribution < -0.4 is 37.6 Å². The van der Waals surface area contributed by atoms with Crippen LogP contribution in [0.15, 0.2) is 54.4 Å². The van der Waals surface area contributed by atoms with Gasteiger partial charge in [-0.2, -0.15) is 0 Å². The van der Waals surface area contributed by atoms with Gasteiger partial charge in [-0.25, -0.2) is 34.3 Å². The average Bonchev–Trinajstić information content (AvgIpc) is 1.56. The van der Waals surface area contributed by atoms with Crippen LogP contribution in [0.4, 0.5) is 14.4 Å². The van der Waals surface area contributed by atoms with Gasteiger partial charge in [-0.3, -0.25) is 64.5 Å². The Hall–Kier alpha value is -8.49. The molecule has 98 heavy (non-hydrogen) atoms. The Labute approximate surface area is 584 Å². The fourth-order valence-electron chi connectivity index (χ4n) is 10.6. The number of aliphatic imine (C=N–C) groups is 2. The van der Waals surface area contributed by atoms with E-state index in [0.29, 0.717) is 94.9 Å². The third-order valence-electron chi connectivity index (χ3n) is 15.6. The van der Waals surface area contributed by atoms with Crippen molar-refractivity contribution in [2.24, 2.45) is 15.7 Å². The van der Waals surface area contributed by atoms with E-state index >= 15 is 0 Å². The molecule has 3 fully saturated rings. The Bertz CT molecular complexity index is 3820. The summed E-state index contributed by atoms with van der Waals surface area (Å²) in [6, 6.07) is 0.0705. The van der Waals surface area contributed by atoms with Gasteiger partial charge >= 0.3 is 18.3 Å². The van der Waals surface area contributed by atoms with E-state index in [9.17, 15) is 47.9 Å². The normalized spacial score (nSPS) is 17.8. The highest BCUT2D eigenvalue weighted by atomic mass is 32.1. The third kappa shape index (κ3) is 22.0. The van der Waals surface area contributed by atoms with Crippen molar-refractivity contribution in [2.75, 3.05) is 13.1 Å². The molecule has 3 aliphatic heterocycles. The van der Waals surface area contributed by atoms with Gasteiger partial charge in [0.05, 0.1) is 46.9 Å². The largest absolute Gasteiger partial charge is 0.444 e. The number of guanidine groups is 1. The van der Waals surface area contributed by atoms with E-state index in [4.69, 9.17) is 25.4 Å². The topological polar surface area (TPSA) is 400 Å². The number of aryl methyl sites for hydroxylation is 1. The van der Waals surface area contributed by atoms with Crippen LogP contribution >= 0.6 is 45.3 Å². The van der Waals surface area contributed by atoms with E-state index in [-0.39, 0.29) is 115 Å². The molecule has 2 saturated carbocycles. The number of alkyl carbamates (subject to hydrolysis) is 2. The first-order valence-electron chi connectivity index (χ1n) is 32.5. The second-order valence-electron chi connectivity index (χ2n) is 27.6. The summed E-state index contributed by atoms with van der Waals surface area (Å²) in [5, 5.41) is 33.2. The maximum Gasteiger partial charge on any atom is 0.414 e. The molecule has 0 unspecified atom stereocenters. The summed E-state index contributed by atoms with van der Waals surface area (Å²) >= 11 is 5.34. The maximum atomic E-state index is 13.2. The highest BCUT2D eigenvalue weighted by Crippen LogP contribution is 2.49. The number of carbonyl (C=O) groups is 10. The summed E-state index contributed by atoms with van der Waals surface area (Å²) in [5.74, 6) is -1.94. The molecule has 32 heteroatoms. The number of thiazole rings is 4. The molecule has 4 aromatic heterocycles. The van der Waals surface area contributed by atoms with Crippen molar-refractivity contribution in [3.8, 4) is 21.4 Å². The van der Waals surface area contributed by atoms with Crippen molar-refractivity contribution >= 4 is 122 Å². The summed E-state index contributed by atoms with van der Waals surface area (Å²) in [5.41, 5.74) is 6.26. The lowest BCUT2D eigenvalue weighted by molar-refractivity contribution is -0.131. The number of aromatic nitrogens is 4. The number of nitrogens with zero attached hydrogens (tertiary/aromatic N) is 7. The molecule has 4 aromatic rings. The molecule has 9 rings (SSSR count). The predicted octanol–water partition coefficient (Wildman–Crippen LogP) is 9.35. The number of carbonyl (C=O) groups excluding carboxylic acids is 10. The first-order chi connectivity index (χ1) is 46.0. The third-order valence-corrected chi connectivity index (χ3v) is 19.1. The zero-order valence-electron chi connectivity index (χ0n) is 57.1. The Kier molecular flexibility index (Phi) is 24.6. The predicted molar refractivity (Wildman–Crippen MR) is 372 cm³/mol. The molecule has 28 nitrogen and oxygen atoms in total. The van der Waals surface area contributed by atoms with Crippen LogP contribution in [0.1, 0.15) is 203 Å². The van der Waals surface area contributed by atoms with Crippen LogP contribution in [0.5, 0.6) is 0 Å². The van der Waals surface area contributed by atoms with E-state index in [1.54, 1.807) is 78.5 Å². The SMILES string of the molecule is C[C@H]1CC/C(=C/C(=O)NC2(C(=O)CC(=O)CCc3nc(-c4nc(C(=O)CCCN=C(NC(=O)OC(C)(C)C)NC(=O)OC(C)(C)C)cs4)cs3)CC2)N1C(=O)OC(C)(C)C.C[C@H]1CCC(C2=C(CC(=O)NCc3nc(-c4nc(C(=O)NCCCC(=N)N)cs4)cs3)C3(CC3)NC2=O)=N1. The molecule has 2 atom stereocenters. The number of likely N-dealkylation sites (tertiary alicyclic amines) is 1. The van der Waals surface area contributed by atoms with Gasteiger partial charge in [0.15, 0.2) is 11.6 Å². The molecule has 2 aliphatic carbocycles. The standard InChI is InChI=1S/C41H57N7O10S2.C25H30N8O3S2/c1-24-13-14-25(48(24)37(55)58-40(8,9)10)20-31(52)47-41(17-18-41)30(51)21-26(49)15-16-32-43-28(23-59-32)33-44-27(22-60-33)29(50)12-11-19-42-34(45-35(53)56-38(2,3)4)46-36(54)57-39(5,6)7;1-13-4-5-15(30-13)21-14(25(6-7-25)33-23(21)36)9-19(34)29-10-20-31-17(12-37-20)24-32-16(11-38-24)22(35)28-8-2-3-18(26)27/h20,22-24H,11-19,21H2,1-10H3,(H,47,52)(H2,42,45,46,53,54);11-13H,2-10H2,1H3,(H3,26,27)(H,28,35)(H,29,34)(H,33,36)/b25-20-;/t24-;13-/m00/s1. The number of allylic oxidation sites excluding steroid dienone is 1. The number of nitrogens with one attached hydrogen (secondary N) is 7. The quantitative estimate of drug-likeness (QED) is 0.00582. The highest BCUT2D eigenvalue weighted by molar-refractivity contribution is 7.14. The van der Waals surface area contributed by atoms with Gasteiger partial charge in [-0.15, -0.1) is 45.3 Å².